The second-order valence-corrected chi connectivity index (χ2v) is 5.35. The maximum Gasteiger partial charge on any atom is 0.203 e. The van der Waals surface area contributed by atoms with Crippen molar-refractivity contribution in [3.8, 4) is 6.07 Å². The largest absolute Gasteiger partial charge is 0.449 e. The van der Waals surface area contributed by atoms with E-state index in [9.17, 15) is 0 Å². The molecule has 0 fully saturated rings. The summed E-state index contributed by atoms with van der Waals surface area (Å²) in [6, 6.07) is 16.3. The van der Waals surface area contributed by atoms with Gasteiger partial charge in [0.15, 0.2) is 0 Å². The predicted octanol–water partition coefficient (Wildman–Crippen LogP) is 4.03. The molecule has 0 aliphatic rings. The smallest absolute Gasteiger partial charge is 0.203 e. The minimum Gasteiger partial charge on any atom is -0.449 e. The molecule has 104 valence electrons. The first-order valence-corrected chi connectivity index (χ1v) is 6.96. The van der Waals surface area contributed by atoms with E-state index in [1.807, 2.05) is 18.2 Å². The fourth-order valence-corrected chi connectivity index (χ4v) is 2.25. The van der Waals surface area contributed by atoms with Crippen LogP contribution in [0.5, 0.6) is 0 Å². The molecular formula is C17H20N2O. The monoisotopic (exact) mass is 268 g/mol. The Balaban J connectivity index is 2.03. The van der Waals surface area contributed by atoms with Gasteiger partial charge >= 0.3 is 0 Å². The Morgan fingerprint density at radius 3 is 2.50 bits per heavy atom. The number of nitriles is 1. The highest BCUT2D eigenvalue weighted by atomic mass is 16.3. The summed E-state index contributed by atoms with van der Waals surface area (Å²) in [6.07, 6.45) is 1.07. The van der Waals surface area contributed by atoms with Crippen LogP contribution in [0.1, 0.15) is 43.4 Å². The molecule has 0 radical (unpaired) electrons. The van der Waals surface area contributed by atoms with Crippen molar-refractivity contribution >= 4 is 0 Å². The summed E-state index contributed by atoms with van der Waals surface area (Å²) in [5.41, 5.74) is 1.29. The van der Waals surface area contributed by atoms with Gasteiger partial charge in [0.2, 0.25) is 5.76 Å². The van der Waals surface area contributed by atoms with Crippen molar-refractivity contribution in [1.82, 2.24) is 5.32 Å². The van der Waals surface area contributed by atoms with Crippen molar-refractivity contribution in [3.63, 3.8) is 0 Å². The second kappa shape index (κ2) is 6.93. The molecule has 0 bridgehead atoms. The molecule has 1 unspecified atom stereocenters. The number of hydrogen-bond acceptors (Lipinski definition) is 3. The average Bonchev–Trinajstić information content (AvgIpc) is 2.92. The van der Waals surface area contributed by atoms with Gasteiger partial charge in [0.25, 0.3) is 0 Å². The third-order valence-corrected chi connectivity index (χ3v) is 3.20. The number of furan rings is 1. The normalized spacial score (nSPS) is 12.3. The zero-order valence-corrected chi connectivity index (χ0v) is 12.0. The summed E-state index contributed by atoms with van der Waals surface area (Å²) < 4.78 is 5.40. The Hall–Kier alpha value is -2.05. The van der Waals surface area contributed by atoms with Crippen molar-refractivity contribution < 1.29 is 4.42 Å². The van der Waals surface area contributed by atoms with Gasteiger partial charge in [0, 0.05) is 6.04 Å². The summed E-state index contributed by atoms with van der Waals surface area (Å²) in [5, 5.41) is 12.3. The van der Waals surface area contributed by atoms with Gasteiger partial charge in [-0.2, -0.15) is 5.26 Å². The fourth-order valence-electron chi connectivity index (χ4n) is 2.25. The van der Waals surface area contributed by atoms with Crippen LogP contribution in [0.3, 0.4) is 0 Å². The molecule has 3 nitrogen and oxygen atoms in total. The SMILES string of the molecule is CC(C)CC(NCc1ccc(C#N)o1)c1ccccc1. The lowest BCUT2D eigenvalue weighted by atomic mass is 9.97. The van der Waals surface area contributed by atoms with Crippen molar-refractivity contribution in [2.45, 2.75) is 32.9 Å². The summed E-state index contributed by atoms with van der Waals surface area (Å²) in [6.45, 7) is 5.07. The van der Waals surface area contributed by atoms with Crippen LogP contribution >= 0.6 is 0 Å². The third-order valence-electron chi connectivity index (χ3n) is 3.20. The van der Waals surface area contributed by atoms with Gasteiger partial charge in [0.1, 0.15) is 11.8 Å². The standard InChI is InChI=1S/C17H20N2O/c1-13(2)10-17(14-6-4-3-5-7-14)19-12-16-9-8-15(11-18)20-16/h3-9,13,17,19H,10,12H2,1-2H3. The van der Waals surface area contributed by atoms with E-state index in [-0.39, 0.29) is 0 Å². The molecule has 20 heavy (non-hydrogen) atoms. The van der Waals surface area contributed by atoms with Crippen LogP contribution in [0, 0.1) is 17.2 Å². The van der Waals surface area contributed by atoms with Crippen LogP contribution in [0.25, 0.3) is 0 Å². The number of hydrogen-bond donors (Lipinski definition) is 1. The van der Waals surface area contributed by atoms with Crippen molar-refractivity contribution in [1.29, 1.82) is 5.26 Å². The highest BCUT2D eigenvalue weighted by Gasteiger charge is 2.13. The van der Waals surface area contributed by atoms with Crippen LogP contribution in [-0.2, 0) is 6.54 Å². The van der Waals surface area contributed by atoms with E-state index in [2.05, 4.69) is 43.4 Å². The van der Waals surface area contributed by atoms with Crippen LogP contribution in [0.2, 0.25) is 0 Å². The summed E-state index contributed by atoms with van der Waals surface area (Å²) in [7, 11) is 0. The molecular weight excluding hydrogens is 248 g/mol. The van der Waals surface area contributed by atoms with Gasteiger partial charge in [-0.05, 0) is 30.0 Å². The van der Waals surface area contributed by atoms with Crippen LogP contribution in [0.15, 0.2) is 46.9 Å². The first kappa shape index (κ1) is 14.4. The zero-order valence-electron chi connectivity index (χ0n) is 12.0. The minimum absolute atomic E-state index is 0.298. The molecule has 0 amide bonds. The first-order chi connectivity index (χ1) is 9.69. The van der Waals surface area contributed by atoms with Gasteiger partial charge in [-0.15, -0.1) is 0 Å². The molecule has 1 atom stereocenters. The molecule has 1 aromatic heterocycles. The van der Waals surface area contributed by atoms with E-state index >= 15 is 0 Å². The van der Waals surface area contributed by atoms with Gasteiger partial charge in [-0.25, -0.2) is 0 Å². The lowest BCUT2D eigenvalue weighted by Gasteiger charge is -2.20. The molecule has 2 aromatic rings. The number of nitrogens with one attached hydrogen (secondary N) is 1. The quantitative estimate of drug-likeness (QED) is 0.860. The van der Waals surface area contributed by atoms with E-state index in [1.54, 1.807) is 6.07 Å². The van der Waals surface area contributed by atoms with Gasteiger partial charge in [-0.1, -0.05) is 44.2 Å². The summed E-state index contributed by atoms with van der Waals surface area (Å²) in [4.78, 5) is 0. The molecule has 0 spiro atoms. The molecule has 0 saturated carbocycles. The van der Waals surface area contributed by atoms with Gasteiger partial charge in [-0.3, -0.25) is 0 Å². The molecule has 3 heteroatoms. The Morgan fingerprint density at radius 2 is 1.90 bits per heavy atom. The topological polar surface area (TPSA) is 49.0 Å². The molecule has 1 heterocycles. The number of nitrogens with zero attached hydrogens (tertiary/aromatic N) is 1. The van der Waals surface area contributed by atoms with Crippen LogP contribution < -0.4 is 5.32 Å². The van der Waals surface area contributed by atoms with E-state index in [4.69, 9.17) is 9.68 Å². The van der Waals surface area contributed by atoms with E-state index in [0.717, 1.165) is 12.2 Å². The summed E-state index contributed by atoms with van der Waals surface area (Å²) >= 11 is 0. The van der Waals surface area contributed by atoms with Crippen molar-refractivity contribution in [2.75, 3.05) is 0 Å². The highest BCUT2D eigenvalue weighted by Crippen LogP contribution is 2.21. The van der Waals surface area contributed by atoms with E-state index in [1.165, 1.54) is 5.56 Å². The average molecular weight is 268 g/mol. The first-order valence-electron chi connectivity index (χ1n) is 6.96. The van der Waals surface area contributed by atoms with Crippen molar-refractivity contribution in [3.05, 3.63) is 59.5 Å². The Kier molecular flexibility index (Phi) is 4.97. The minimum atomic E-state index is 0.298. The van der Waals surface area contributed by atoms with Gasteiger partial charge in [0.05, 0.1) is 6.54 Å². The van der Waals surface area contributed by atoms with E-state index < -0.39 is 0 Å². The molecule has 2 rings (SSSR count). The Morgan fingerprint density at radius 1 is 1.15 bits per heavy atom. The number of rotatable bonds is 6. The lowest BCUT2D eigenvalue weighted by molar-refractivity contribution is 0.398. The predicted molar refractivity (Wildman–Crippen MR) is 78.9 cm³/mol. The fraction of sp³-hybridized carbons (Fsp3) is 0.353. The Bertz CT molecular complexity index is 566. The maximum atomic E-state index is 8.76. The number of benzene rings is 1. The van der Waals surface area contributed by atoms with Crippen LogP contribution in [-0.4, -0.2) is 0 Å². The third kappa shape index (κ3) is 3.97. The molecule has 0 aliphatic heterocycles. The maximum absolute atomic E-state index is 8.76. The molecule has 0 saturated heterocycles. The van der Waals surface area contributed by atoms with Crippen molar-refractivity contribution in [2.24, 2.45) is 5.92 Å². The molecule has 0 aliphatic carbocycles. The van der Waals surface area contributed by atoms with Gasteiger partial charge < -0.3 is 9.73 Å². The highest BCUT2D eigenvalue weighted by molar-refractivity contribution is 5.21. The zero-order chi connectivity index (χ0) is 14.4. The molecule has 1 aromatic carbocycles. The lowest BCUT2D eigenvalue weighted by Crippen LogP contribution is -2.22. The Labute approximate surface area is 120 Å². The van der Waals surface area contributed by atoms with Crippen LogP contribution in [0.4, 0.5) is 0 Å². The van der Waals surface area contributed by atoms with E-state index in [0.29, 0.717) is 24.3 Å². The second-order valence-electron chi connectivity index (χ2n) is 5.35. The molecule has 1 N–H and O–H groups in total. The summed E-state index contributed by atoms with van der Waals surface area (Å²) in [5.74, 6) is 1.77.